The molecule has 172 valence electrons. The number of benzene rings is 1. The van der Waals surface area contributed by atoms with Gasteiger partial charge in [-0.1, -0.05) is 70.9 Å². The average Bonchev–Trinajstić information content (AvgIpc) is 3.15. The van der Waals surface area contributed by atoms with Crippen molar-refractivity contribution in [2.75, 3.05) is 6.54 Å². The van der Waals surface area contributed by atoms with E-state index in [4.69, 9.17) is 10.5 Å². The van der Waals surface area contributed by atoms with Crippen LogP contribution in [0.25, 0.3) is 0 Å². The zero-order valence-electron chi connectivity index (χ0n) is 19.6. The molecule has 2 rings (SSSR count). The van der Waals surface area contributed by atoms with Crippen molar-refractivity contribution in [1.29, 1.82) is 0 Å². The van der Waals surface area contributed by atoms with Crippen molar-refractivity contribution < 1.29 is 14.3 Å². The van der Waals surface area contributed by atoms with Crippen LogP contribution in [-0.2, 0) is 29.6 Å². The van der Waals surface area contributed by atoms with Gasteiger partial charge in [0.2, 0.25) is 5.91 Å². The third-order valence-electron chi connectivity index (χ3n) is 4.83. The number of nitrogens with one attached hydrogen (secondary N) is 1. The fourth-order valence-corrected chi connectivity index (χ4v) is 2.72. The Labute approximate surface area is 186 Å². The summed E-state index contributed by atoms with van der Waals surface area (Å²) in [6.45, 7) is 8.97. The predicted molar refractivity (Wildman–Crippen MR) is 123 cm³/mol. The highest BCUT2D eigenvalue weighted by atomic mass is 16.5. The highest BCUT2D eigenvalue weighted by Crippen LogP contribution is 2.09. The monoisotopic (exact) mass is 430 g/mol. The second-order valence-electron chi connectivity index (χ2n) is 7.73. The largest absolute Gasteiger partial charge is 0.456 e. The molecule has 31 heavy (non-hydrogen) atoms. The van der Waals surface area contributed by atoms with E-state index in [9.17, 15) is 9.59 Å². The molecular formula is C24H38N4O3. The maximum absolute atomic E-state index is 12.2. The minimum Gasteiger partial charge on any atom is -0.456 e. The number of hydrogen-bond donors (Lipinski definition) is 2. The lowest BCUT2D eigenvalue weighted by Crippen LogP contribution is -2.44. The fourth-order valence-electron chi connectivity index (χ4n) is 2.72. The number of ether oxygens (including phenoxy) is 1. The molecule has 0 bridgehead atoms. The summed E-state index contributed by atoms with van der Waals surface area (Å²) >= 11 is 0. The summed E-state index contributed by atoms with van der Waals surface area (Å²) in [5, 5.41) is 2.86. The molecule has 0 saturated heterocycles. The van der Waals surface area contributed by atoms with E-state index < -0.39 is 12.0 Å². The van der Waals surface area contributed by atoms with Crippen LogP contribution in [0.1, 0.15) is 68.8 Å². The van der Waals surface area contributed by atoms with Gasteiger partial charge in [0.15, 0.2) is 5.69 Å². The molecule has 2 unspecified atom stereocenters. The molecule has 1 aromatic heterocycles. The number of carbonyl (C=O) groups is 2. The van der Waals surface area contributed by atoms with Gasteiger partial charge in [-0.05, 0) is 17.9 Å². The Hall–Kier alpha value is -2.67. The van der Waals surface area contributed by atoms with E-state index in [0.717, 1.165) is 17.8 Å². The lowest BCUT2D eigenvalue weighted by molar-refractivity contribution is -0.123. The third kappa shape index (κ3) is 9.34. The third-order valence-corrected chi connectivity index (χ3v) is 4.83. The Bertz CT molecular complexity index is 789. The molecule has 2 aromatic rings. The normalized spacial score (nSPS) is 12.3. The number of nitrogens with two attached hydrogens (primary N) is 1. The Kier molecular flexibility index (Phi) is 12.2. The van der Waals surface area contributed by atoms with Crippen LogP contribution in [0, 0.1) is 5.92 Å². The molecule has 1 heterocycles. The molecule has 3 N–H and O–H groups in total. The smallest absolute Gasteiger partial charge is 0.358 e. The molecule has 0 aliphatic carbocycles. The predicted octanol–water partition coefficient (Wildman–Crippen LogP) is 3.62. The summed E-state index contributed by atoms with van der Waals surface area (Å²) in [4.78, 5) is 28.6. The molecule has 1 aromatic carbocycles. The lowest BCUT2D eigenvalue weighted by Gasteiger charge is -2.17. The molecule has 0 spiro atoms. The van der Waals surface area contributed by atoms with E-state index in [1.807, 2.05) is 55.8 Å². The summed E-state index contributed by atoms with van der Waals surface area (Å²) in [5.41, 5.74) is 7.13. The SMILES string of the molecule is CCC.CCC(C)C(N)C(=O)NCCCc1nc(C(=O)OCc2ccccc2)cn1C. The number of carbonyl (C=O) groups excluding carboxylic acids is 2. The zero-order valence-corrected chi connectivity index (χ0v) is 19.6. The van der Waals surface area contributed by atoms with Gasteiger partial charge in [-0.2, -0.15) is 0 Å². The molecule has 2 atom stereocenters. The summed E-state index contributed by atoms with van der Waals surface area (Å²) in [6, 6.07) is 9.03. The summed E-state index contributed by atoms with van der Waals surface area (Å²) < 4.78 is 7.12. The number of esters is 1. The second-order valence-corrected chi connectivity index (χ2v) is 7.73. The maximum Gasteiger partial charge on any atom is 0.358 e. The minimum atomic E-state index is -0.482. The van der Waals surface area contributed by atoms with Gasteiger partial charge in [0.1, 0.15) is 12.4 Å². The molecule has 0 aliphatic heterocycles. The van der Waals surface area contributed by atoms with Gasteiger partial charge in [-0.3, -0.25) is 4.79 Å². The second kappa shape index (κ2) is 14.4. The molecule has 0 fully saturated rings. The molecular weight excluding hydrogens is 392 g/mol. The van der Waals surface area contributed by atoms with Crippen LogP contribution in [0.4, 0.5) is 0 Å². The first-order valence-corrected chi connectivity index (χ1v) is 11.1. The van der Waals surface area contributed by atoms with E-state index in [-0.39, 0.29) is 24.1 Å². The summed E-state index contributed by atoms with van der Waals surface area (Å²) in [6.07, 6.45) is 5.13. The molecule has 0 radical (unpaired) electrons. The Morgan fingerprint density at radius 2 is 1.84 bits per heavy atom. The highest BCUT2D eigenvalue weighted by Gasteiger charge is 2.19. The Balaban J connectivity index is 0.00000151. The first-order chi connectivity index (χ1) is 14.8. The number of nitrogens with zero attached hydrogens (tertiary/aromatic N) is 2. The molecule has 7 heteroatoms. The maximum atomic E-state index is 12.2. The van der Waals surface area contributed by atoms with Crippen LogP contribution in [0.15, 0.2) is 36.5 Å². The van der Waals surface area contributed by atoms with Crippen molar-refractivity contribution in [2.45, 2.75) is 66.0 Å². The summed E-state index contributed by atoms with van der Waals surface area (Å²) in [7, 11) is 1.84. The molecule has 7 nitrogen and oxygen atoms in total. The van der Waals surface area contributed by atoms with Gasteiger partial charge in [-0.25, -0.2) is 9.78 Å². The van der Waals surface area contributed by atoms with Crippen LogP contribution in [0.3, 0.4) is 0 Å². The van der Waals surface area contributed by atoms with E-state index in [1.54, 1.807) is 6.20 Å². The molecule has 1 amide bonds. The fraction of sp³-hybridized carbons (Fsp3) is 0.542. The first kappa shape index (κ1) is 26.4. The number of aromatic nitrogens is 2. The van der Waals surface area contributed by atoms with Crippen LogP contribution >= 0.6 is 0 Å². The van der Waals surface area contributed by atoms with Gasteiger partial charge in [0.05, 0.1) is 6.04 Å². The van der Waals surface area contributed by atoms with Gasteiger partial charge in [0.25, 0.3) is 0 Å². The quantitative estimate of drug-likeness (QED) is 0.443. The van der Waals surface area contributed by atoms with Gasteiger partial charge in [-0.15, -0.1) is 0 Å². The standard InChI is InChI=1S/C21H30N4O3.C3H8/c1-4-15(2)19(22)20(26)23-12-8-11-18-24-17(13-25(18)3)21(27)28-14-16-9-6-5-7-10-16;1-3-2/h5-7,9-10,13,15,19H,4,8,11-12,14,22H2,1-3H3,(H,23,26);3H2,1-2H3. The lowest BCUT2D eigenvalue weighted by atomic mass is 9.99. The highest BCUT2D eigenvalue weighted by molar-refractivity contribution is 5.87. The molecule has 0 aliphatic rings. The Morgan fingerprint density at radius 3 is 2.45 bits per heavy atom. The number of amides is 1. The van der Waals surface area contributed by atoms with Crippen LogP contribution in [-0.4, -0.2) is 34.0 Å². The number of rotatable bonds is 10. The van der Waals surface area contributed by atoms with Gasteiger partial charge < -0.3 is 20.4 Å². The topological polar surface area (TPSA) is 99.2 Å². The summed E-state index contributed by atoms with van der Waals surface area (Å²) in [5.74, 6) is 0.351. The van der Waals surface area contributed by atoms with E-state index >= 15 is 0 Å². The number of hydrogen-bond acceptors (Lipinski definition) is 5. The van der Waals surface area contributed by atoms with Crippen molar-refractivity contribution in [2.24, 2.45) is 18.7 Å². The van der Waals surface area contributed by atoms with Crippen LogP contribution in [0.2, 0.25) is 0 Å². The van der Waals surface area contributed by atoms with E-state index in [1.165, 1.54) is 6.42 Å². The Morgan fingerprint density at radius 1 is 1.19 bits per heavy atom. The zero-order chi connectivity index (χ0) is 23.2. The first-order valence-electron chi connectivity index (χ1n) is 11.1. The van der Waals surface area contributed by atoms with Crippen molar-refractivity contribution in [3.63, 3.8) is 0 Å². The average molecular weight is 431 g/mol. The number of imidazole rings is 1. The van der Waals surface area contributed by atoms with Gasteiger partial charge in [0, 0.05) is 26.2 Å². The number of aryl methyl sites for hydroxylation is 2. The van der Waals surface area contributed by atoms with Crippen molar-refractivity contribution >= 4 is 11.9 Å². The van der Waals surface area contributed by atoms with Crippen molar-refractivity contribution in [3.05, 3.63) is 53.6 Å². The molecule has 0 saturated carbocycles. The van der Waals surface area contributed by atoms with E-state index in [0.29, 0.717) is 19.4 Å². The van der Waals surface area contributed by atoms with Crippen molar-refractivity contribution in [1.82, 2.24) is 14.9 Å². The van der Waals surface area contributed by atoms with Crippen LogP contribution < -0.4 is 11.1 Å². The van der Waals surface area contributed by atoms with Gasteiger partial charge >= 0.3 is 5.97 Å². The van der Waals surface area contributed by atoms with E-state index in [2.05, 4.69) is 24.1 Å². The minimum absolute atomic E-state index is 0.126. The van der Waals surface area contributed by atoms with Crippen molar-refractivity contribution in [3.8, 4) is 0 Å². The van der Waals surface area contributed by atoms with Crippen LogP contribution in [0.5, 0.6) is 0 Å².